The summed E-state index contributed by atoms with van der Waals surface area (Å²) in [5, 5.41) is 19.5. The van der Waals surface area contributed by atoms with Gasteiger partial charge in [0.15, 0.2) is 0 Å². The molecule has 2 nitrogen and oxygen atoms in total. The van der Waals surface area contributed by atoms with Crippen LogP contribution in [0.4, 0.5) is 13.2 Å². The van der Waals surface area contributed by atoms with E-state index in [1.54, 1.807) is 0 Å². The summed E-state index contributed by atoms with van der Waals surface area (Å²) in [6, 6.07) is 0. The Morgan fingerprint density at radius 3 is 2.18 bits per heavy atom. The zero-order valence-electron chi connectivity index (χ0n) is 9.92. The number of halogens is 3. The third-order valence-electron chi connectivity index (χ3n) is 3.49. The molecule has 5 heteroatoms. The Labute approximate surface area is 99.8 Å². The lowest BCUT2D eigenvalue weighted by Gasteiger charge is -2.29. The van der Waals surface area contributed by atoms with E-state index in [0.717, 1.165) is 32.1 Å². The van der Waals surface area contributed by atoms with Crippen molar-refractivity contribution in [3.05, 3.63) is 0 Å². The van der Waals surface area contributed by atoms with E-state index in [4.69, 9.17) is 0 Å². The zero-order chi connectivity index (χ0) is 12.9. The summed E-state index contributed by atoms with van der Waals surface area (Å²) in [6.45, 7) is 0. The smallest absolute Gasteiger partial charge is 0.389 e. The van der Waals surface area contributed by atoms with Crippen LogP contribution in [0.15, 0.2) is 0 Å². The largest absolute Gasteiger partial charge is 0.390 e. The summed E-state index contributed by atoms with van der Waals surface area (Å²) in [6.07, 6.45) is -2.05. The molecule has 2 atom stereocenters. The van der Waals surface area contributed by atoms with Crippen LogP contribution in [0.2, 0.25) is 0 Å². The number of alkyl halides is 3. The molecule has 0 spiro atoms. The molecule has 0 bridgehead atoms. The molecule has 0 aromatic heterocycles. The third kappa shape index (κ3) is 5.73. The Kier molecular flexibility index (Phi) is 5.73. The minimum Gasteiger partial charge on any atom is -0.390 e. The van der Waals surface area contributed by atoms with Crippen LogP contribution in [0.25, 0.3) is 0 Å². The lowest BCUT2D eigenvalue weighted by atomic mass is 9.82. The molecule has 0 amide bonds. The molecule has 102 valence electrons. The van der Waals surface area contributed by atoms with Crippen molar-refractivity contribution in [2.24, 2.45) is 5.92 Å². The van der Waals surface area contributed by atoms with Gasteiger partial charge in [0.25, 0.3) is 0 Å². The zero-order valence-corrected chi connectivity index (χ0v) is 9.92. The van der Waals surface area contributed by atoms with Crippen LogP contribution >= 0.6 is 0 Å². The second-order valence-corrected chi connectivity index (χ2v) is 4.96. The molecule has 1 rings (SSSR count). The minimum atomic E-state index is -4.17. The topological polar surface area (TPSA) is 40.5 Å². The molecule has 0 heterocycles. The van der Waals surface area contributed by atoms with Gasteiger partial charge in [0, 0.05) is 6.42 Å². The van der Waals surface area contributed by atoms with Crippen LogP contribution in [0, 0.1) is 5.92 Å². The van der Waals surface area contributed by atoms with Crippen molar-refractivity contribution in [1.82, 2.24) is 0 Å². The van der Waals surface area contributed by atoms with Crippen molar-refractivity contribution in [3.8, 4) is 0 Å². The predicted molar refractivity (Wildman–Crippen MR) is 58.5 cm³/mol. The summed E-state index contributed by atoms with van der Waals surface area (Å²) in [7, 11) is 0. The van der Waals surface area contributed by atoms with Gasteiger partial charge in [-0.25, -0.2) is 0 Å². The van der Waals surface area contributed by atoms with Gasteiger partial charge in [-0.2, -0.15) is 13.2 Å². The quantitative estimate of drug-likeness (QED) is 0.791. The Balaban J connectivity index is 2.23. The van der Waals surface area contributed by atoms with E-state index in [-0.39, 0.29) is 18.8 Å². The van der Waals surface area contributed by atoms with Gasteiger partial charge in [-0.15, -0.1) is 0 Å². The molecule has 2 N–H and O–H groups in total. The molecule has 0 aliphatic heterocycles. The van der Waals surface area contributed by atoms with Crippen molar-refractivity contribution in [3.63, 3.8) is 0 Å². The van der Waals surface area contributed by atoms with Gasteiger partial charge in [-0.1, -0.05) is 19.3 Å². The van der Waals surface area contributed by atoms with Gasteiger partial charge in [-0.05, 0) is 31.6 Å². The molecular formula is C12H21F3O2. The fraction of sp³-hybridized carbons (Fsp3) is 1.00. The van der Waals surface area contributed by atoms with E-state index in [0.29, 0.717) is 0 Å². The monoisotopic (exact) mass is 254 g/mol. The number of rotatable bonds is 5. The Morgan fingerprint density at radius 1 is 1.06 bits per heavy atom. The second kappa shape index (κ2) is 6.59. The maximum atomic E-state index is 11.9. The Bertz CT molecular complexity index is 212. The molecular weight excluding hydrogens is 233 g/mol. The molecule has 2 unspecified atom stereocenters. The number of hydrogen-bond acceptors (Lipinski definition) is 2. The summed E-state index contributed by atoms with van der Waals surface area (Å²) >= 11 is 0. The molecule has 1 saturated carbocycles. The molecule has 0 radical (unpaired) electrons. The summed E-state index contributed by atoms with van der Waals surface area (Å²) in [4.78, 5) is 0. The van der Waals surface area contributed by atoms with E-state index >= 15 is 0 Å². The average Bonchev–Trinajstić information content (AvgIpc) is 2.27. The predicted octanol–water partition coefficient (Wildman–Crippen LogP) is 3.02. The lowest BCUT2D eigenvalue weighted by molar-refractivity contribution is -0.137. The lowest BCUT2D eigenvalue weighted by Crippen LogP contribution is -2.34. The van der Waals surface area contributed by atoms with E-state index < -0.39 is 24.8 Å². The highest BCUT2D eigenvalue weighted by Crippen LogP contribution is 2.29. The summed E-state index contributed by atoms with van der Waals surface area (Å²) < 4.78 is 35.8. The molecule has 0 aromatic rings. The fourth-order valence-corrected chi connectivity index (χ4v) is 2.47. The van der Waals surface area contributed by atoms with Crippen molar-refractivity contribution in [2.45, 2.75) is 69.8 Å². The number of aliphatic hydroxyl groups is 2. The van der Waals surface area contributed by atoms with E-state index in [1.165, 1.54) is 0 Å². The standard InChI is InChI=1S/C12H21F3O2/c13-12(14,15)8-4-7-10(16)11(17)9-5-2-1-3-6-9/h9-11,16-17H,1-8H2. The normalized spacial score (nSPS) is 22.4. The van der Waals surface area contributed by atoms with Crippen LogP contribution in [-0.2, 0) is 0 Å². The van der Waals surface area contributed by atoms with E-state index in [2.05, 4.69) is 0 Å². The number of hydrogen-bond donors (Lipinski definition) is 2. The highest BCUT2D eigenvalue weighted by Gasteiger charge is 2.30. The SMILES string of the molecule is OC(CCCC(F)(F)F)C(O)C1CCCCC1. The first-order chi connectivity index (χ1) is 7.90. The molecule has 0 saturated heterocycles. The van der Waals surface area contributed by atoms with Gasteiger partial charge in [-0.3, -0.25) is 0 Å². The Morgan fingerprint density at radius 2 is 1.65 bits per heavy atom. The van der Waals surface area contributed by atoms with Gasteiger partial charge in [0.1, 0.15) is 0 Å². The van der Waals surface area contributed by atoms with Gasteiger partial charge < -0.3 is 10.2 Å². The maximum Gasteiger partial charge on any atom is 0.389 e. The molecule has 0 aromatic carbocycles. The highest BCUT2D eigenvalue weighted by atomic mass is 19.4. The molecule has 17 heavy (non-hydrogen) atoms. The van der Waals surface area contributed by atoms with Crippen molar-refractivity contribution < 1.29 is 23.4 Å². The fourth-order valence-electron chi connectivity index (χ4n) is 2.47. The third-order valence-corrected chi connectivity index (χ3v) is 3.49. The second-order valence-electron chi connectivity index (χ2n) is 4.96. The summed E-state index contributed by atoms with van der Waals surface area (Å²) in [5.41, 5.74) is 0. The average molecular weight is 254 g/mol. The van der Waals surface area contributed by atoms with Crippen LogP contribution in [0.1, 0.15) is 51.4 Å². The van der Waals surface area contributed by atoms with E-state index in [1.807, 2.05) is 0 Å². The first-order valence-electron chi connectivity index (χ1n) is 6.33. The van der Waals surface area contributed by atoms with Crippen molar-refractivity contribution in [1.29, 1.82) is 0 Å². The maximum absolute atomic E-state index is 11.9. The molecule has 1 aliphatic rings. The molecule has 1 fully saturated rings. The van der Waals surface area contributed by atoms with Gasteiger partial charge >= 0.3 is 6.18 Å². The van der Waals surface area contributed by atoms with Crippen molar-refractivity contribution in [2.75, 3.05) is 0 Å². The van der Waals surface area contributed by atoms with Crippen LogP contribution in [-0.4, -0.2) is 28.6 Å². The first kappa shape index (κ1) is 14.8. The number of aliphatic hydroxyl groups excluding tert-OH is 2. The Hall–Kier alpha value is -0.290. The van der Waals surface area contributed by atoms with Crippen LogP contribution in [0.5, 0.6) is 0 Å². The van der Waals surface area contributed by atoms with Crippen LogP contribution < -0.4 is 0 Å². The van der Waals surface area contributed by atoms with Crippen molar-refractivity contribution >= 4 is 0 Å². The first-order valence-corrected chi connectivity index (χ1v) is 6.33. The minimum absolute atomic E-state index is 0.0250. The van der Waals surface area contributed by atoms with Crippen LogP contribution in [0.3, 0.4) is 0 Å². The van der Waals surface area contributed by atoms with Gasteiger partial charge in [0.05, 0.1) is 12.2 Å². The highest BCUT2D eigenvalue weighted by molar-refractivity contribution is 4.78. The molecule has 1 aliphatic carbocycles. The van der Waals surface area contributed by atoms with Gasteiger partial charge in [0.2, 0.25) is 0 Å². The van der Waals surface area contributed by atoms with E-state index in [9.17, 15) is 23.4 Å². The summed E-state index contributed by atoms with van der Waals surface area (Å²) in [5.74, 6) is 0.0598.